The number of amides is 1. The van der Waals surface area contributed by atoms with Crippen LogP contribution in [0.4, 0.5) is 0 Å². The van der Waals surface area contributed by atoms with Gasteiger partial charge in [0.05, 0.1) is 31.1 Å². The summed E-state index contributed by atoms with van der Waals surface area (Å²) in [4.78, 5) is 26.5. The molecule has 29 heavy (non-hydrogen) atoms. The van der Waals surface area contributed by atoms with Crippen molar-refractivity contribution in [2.45, 2.75) is 51.2 Å². The number of nitrogens with zero attached hydrogens (tertiary/aromatic N) is 4. The molecule has 1 aliphatic heterocycles. The summed E-state index contributed by atoms with van der Waals surface area (Å²) in [5.41, 5.74) is 0. The van der Waals surface area contributed by atoms with Crippen LogP contribution in [0.5, 0.6) is 0 Å². The van der Waals surface area contributed by atoms with E-state index in [1.165, 1.54) is 11.8 Å². The molecule has 8 nitrogen and oxygen atoms in total. The predicted molar refractivity (Wildman–Crippen MR) is 109 cm³/mol. The standard InChI is InChI=1S/C20H28N4O4S/c1-4-27-19(26)15-7-5-9-23(11-15)17(25)13-29-20-22-21-18(14(2)3)24(20)12-16-8-6-10-28-16/h6,8,10,14-15H,4-5,7,9,11-13H2,1-3H3/t15-/m0/s1. The van der Waals surface area contributed by atoms with Crippen LogP contribution in [0.2, 0.25) is 0 Å². The number of carbonyl (C=O) groups excluding carboxylic acids is 2. The van der Waals surface area contributed by atoms with Gasteiger partial charge in [-0.05, 0) is 31.9 Å². The van der Waals surface area contributed by atoms with Crippen LogP contribution in [0.1, 0.15) is 51.1 Å². The highest BCUT2D eigenvalue weighted by molar-refractivity contribution is 7.99. The van der Waals surface area contributed by atoms with Gasteiger partial charge in [0, 0.05) is 19.0 Å². The molecule has 0 bridgehead atoms. The smallest absolute Gasteiger partial charge is 0.310 e. The normalized spacial score (nSPS) is 17.0. The molecule has 0 unspecified atom stereocenters. The third kappa shape index (κ3) is 5.41. The molecule has 0 saturated carbocycles. The molecular formula is C20H28N4O4S. The number of furan rings is 1. The molecule has 1 fully saturated rings. The number of carbonyl (C=O) groups is 2. The van der Waals surface area contributed by atoms with Crippen molar-refractivity contribution < 1.29 is 18.7 Å². The van der Waals surface area contributed by atoms with E-state index in [2.05, 4.69) is 24.0 Å². The summed E-state index contributed by atoms with van der Waals surface area (Å²) in [6.45, 7) is 7.91. The van der Waals surface area contributed by atoms with E-state index in [9.17, 15) is 9.59 Å². The molecule has 1 amide bonds. The molecule has 0 radical (unpaired) electrons. The number of ether oxygens (including phenoxy) is 1. The van der Waals surface area contributed by atoms with Crippen molar-refractivity contribution in [1.82, 2.24) is 19.7 Å². The lowest BCUT2D eigenvalue weighted by Gasteiger charge is -2.31. The highest BCUT2D eigenvalue weighted by Gasteiger charge is 2.29. The lowest BCUT2D eigenvalue weighted by atomic mass is 9.98. The molecule has 1 aliphatic rings. The highest BCUT2D eigenvalue weighted by Crippen LogP contribution is 2.24. The zero-order valence-electron chi connectivity index (χ0n) is 17.2. The fourth-order valence-electron chi connectivity index (χ4n) is 3.41. The van der Waals surface area contributed by atoms with Crippen molar-refractivity contribution in [2.75, 3.05) is 25.4 Å². The highest BCUT2D eigenvalue weighted by atomic mass is 32.2. The first-order valence-corrected chi connectivity index (χ1v) is 11.0. The van der Waals surface area contributed by atoms with Crippen molar-refractivity contribution in [2.24, 2.45) is 5.92 Å². The number of rotatable bonds is 8. The van der Waals surface area contributed by atoms with E-state index < -0.39 is 0 Å². The topological polar surface area (TPSA) is 90.5 Å². The fraction of sp³-hybridized carbons (Fsp3) is 0.600. The van der Waals surface area contributed by atoms with Gasteiger partial charge in [-0.2, -0.15) is 0 Å². The third-order valence-electron chi connectivity index (χ3n) is 4.87. The van der Waals surface area contributed by atoms with Gasteiger partial charge in [0.25, 0.3) is 0 Å². The lowest BCUT2D eigenvalue weighted by Crippen LogP contribution is -2.43. The van der Waals surface area contributed by atoms with Gasteiger partial charge < -0.3 is 14.1 Å². The van der Waals surface area contributed by atoms with Crippen LogP contribution >= 0.6 is 11.8 Å². The average Bonchev–Trinajstić information content (AvgIpc) is 3.37. The summed E-state index contributed by atoms with van der Waals surface area (Å²) < 4.78 is 12.6. The van der Waals surface area contributed by atoms with Gasteiger partial charge in [-0.1, -0.05) is 25.6 Å². The summed E-state index contributed by atoms with van der Waals surface area (Å²) >= 11 is 1.37. The lowest BCUT2D eigenvalue weighted by molar-refractivity contribution is -0.151. The van der Waals surface area contributed by atoms with Crippen LogP contribution in [0.15, 0.2) is 28.0 Å². The van der Waals surface area contributed by atoms with Crippen LogP contribution in [0, 0.1) is 5.92 Å². The predicted octanol–water partition coefficient (Wildman–Crippen LogP) is 2.94. The zero-order chi connectivity index (χ0) is 20.8. The van der Waals surface area contributed by atoms with E-state index in [-0.39, 0.29) is 29.5 Å². The van der Waals surface area contributed by atoms with E-state index in [0.29, 0.717) is 31.4 Å². The van der Waals surface area contributed by atoms with Gasteiger partial charge in [0.1, 0.15) is 11.6 Å². The molecule has 3 rings (SSSR count). The van der Waals surface area contributed by atoms with Crippen LogP contribution in [0.3, 0.4) is 0 Å². The Morgan fingerprint density at radius 1 is 1.38 bits per heavy atom. The van der Waals surface area contributed by atoms with E-state index in [4.69, 9.17) is 9.15 Å². The minimum atomic E-state index is -0.229. The van der Waals surface area contributed by atoms with E-state index in [0.717, 1.165) is 24.4 Å². The monoisotopic (exact) mass is 420 g/mol. The number of thioether (sulfide) groups is 1. The quantitative estimate of drug-likeness (QED) is 0.479. The Morgan fingerprint density at radius 3 is 2.90 bits per heavy atom. The second-order valence-electron chi connectivity index (χ2n) is 7.38. The number of piperidine rings is 1. The minimum Gasteiger partial charge on any atom is -0.467 e. The zero-order valence-corrected chi connectivity index (χ0v) is 18.0. The fourth-order valence-corrected chi connectivity index (χ4v) is 4.26. The summed E-state index contributed by atoms with van der Waals surface area (Å²) in [5, 5.41) is 9.29. The molecule has 0 aliphatic carbocycles. The Hall–Kier alpha value is -2.29. The summed E-state index contributed by atoms with van der Waals surface area (Å²) in [6.07, 6.45) is 3.22. The molecule has 2 aromatic rings. The van der Waals surface area contributed by atoms with Crippen LogP contribution in [-0.2, 0) is 20.9 Å². The molecule has 1 atom stereocenters. The molecule has 1 saturated heterocycles. The van der Waals surface area contributed by atoms with Gasteiger partial charge in [-0.25, -0.2) is 0 Å². The average molecular weight is 421 g/mol. The number of hydrogen-bond acceptors (Lipinski definition) is 7. The Balaban J connectivity index is 1.63. The van der Waals surface area contributed by atoms with Crippen molar-refractivity contribution in [1.29, 1.82) is 0 Å². The number of esters is 1. The number of likely N-dealkylation sites (tertiary alicyclic amines) is 1. The Bertz CT molecular complexity index is 819. The Labute approximate surface area is 175 Å². The van der Waals surface area contributed by atoms with Gasteiger partial charge >= 0.3 is 5.97 Å². The van der Waals surface area contributed by atoms with Gasteiger partial charge in [0.2, 0.25) is 5.91 Å². The van der Waals surface area contributed by atoms with Gasteiger partial charge in [0.15, 0.2) is 5.16 Å². The van der Waals surface area contributed by atoms with Gasteiger partial charge in [-0.3, -0.25) is 14.2 Å². The van der Waals surface area contributed by atoms with Crippen molar-refractivity contribution in [3.05, 3.63) is 30.0 Å². The SMILES string of the molecule is CCOC(=O)[C@H]1CCCN(C(=O)CSc2nnc(C(C)C)n2Cc2ccco2)C1. The number of aromatic nitrogens is 3. The minimum absolute atomic E-state index is 0.00245. The van der Waals surface area contributed by atoms with Crippen molar-refractivity contribution in [3.8, 4) is 0 Å². The molecule has 0 N–H and O–H groups in total. The maximum absolute atomic E-state index is 12.7. The number of hydrogen-bond donors (Lipinski definition) is 0. The van der Waals surface area contributed by atoms with Gasteiger partial charge in [-0.15, -0.1) is 10.2 Å². The van der Waals surface area contributed by atoms with E-state index in [1.807, 2.05) is 16.7 Å². The van der Waals surface area contributed by atoms with Crippen LogP contribution in [-0.4, -0.2) is 57.0 Å². The molecule has 3 heterocycles. The molecule has 0 spiro atoms. The molecule has 0 aromatic carbocycles. The van der Waals surface area contributed by atoms with Crippen LogP contribution in [0.25, 0.3) is 0 Å². The molecule has 158 valence electrons. The Kier molecular flexibility index (Phi) is 7.35. The largest absolute Gasteiger partial charge is 0.467 e. The second-order valence-corrected chi connectivity index (χ2v) is 8.32. The first-order valence-electron chi connectivity index (χ1n) is 10.0. The summed E-state index contributed by atoms with van der Waals surface area (Å²) in [5.74, 6) is 1.69. The molecular weight excluding hydrogens is 392 g/mol. The van der Waals surface area contributed by atoms with E-state index >= 15 is 0 Å². The molecule has 2 aromatic heterocycles. The first kappa shape index (κ1) is 21.4. The Morgan fingerprint density at radius 2 is 2.21 bits per heavy atom. The van der Waals surface area contributed by atoms with E-state index in [1.54, 1.807) is 18.1 Å². The van der Waals surface area contributed by atoms with Crippen LogP contribution < -0.4 is 0 Å². The van der Waals surface area contributed by atoms with Crippen molar-refractivity contribution in [3.63, 3.8) is 0 Å². The summed E-state index contributed by atoms with van der Waals surface area (Å²) in [6, 6.07) is 3.76. The third-order valence-corrected chi connectivity index (χ3v) is 5.83. The van der Waals surface area contributed by atoms with Crippen molar-refractivity contribution >= 4 is 23.6 Å². The first-order chi connectivity index (χ1) is 14.0. The second kappa shape index (κ2) is 9.96. The maximum Gasteiger partial charge on any atom is 0.310 e. The summed E-state index contributed by atoms with van der Waals surface area (Å²) in [7, 11) is 0. The molecule has 9 heteroatoms. The maximum atomic E-state index is 12.7.